The van der Waals surface area contributed by atoms with E-state index in [1.54, 1.807) is 29.4 Å². The number of furan rings is 1. The number of carbonyl (C=O) groups is 1. The smallest absolute Gasteiger partial charge is 0.270 e. The highest BCUT2D eigenvalue weighted by atomic mass is 32.2. The molecule has 1 aromatic heterocycles. The van der Waals surface area contributed by atoms with Crippen LogP contribution in [0.2, 0.25) is 0 Å². The zero-order valence-corrected chi connectivity index (χ0v) is 13.8. The van der Waals surface area contributed by atoms with Crippen LogP contribution in [0.4, 0.5) is 11.4 Å². The molecule has 0 radical (unpaired) electrons. The number of hydrogen-bond acceptors (Lipinski definition) is 5. The number of rotatable bonds is 3. The molecule has 1 aliphatic heterocycles. The highest BCUT2D eigenvalue weighted by molar-refractivity contribution is 8.27. The van der Waals surface area contributed by atoms with Gasteiger partial charge in [-0.05, 0) is 36.4 Å². The fourth-order valence-corrected chi connectivity index (χ4v) is 3.37. The summed E-state index contributed by atoms with van der Waals surface area (Å²) in [5.74, 6) is 0.521. The first-order chi connectivity index (χ1) is 10.6. The number of anilines is 2. The van der Waals surface area contributed by atoms with Crippen molar-refractivity contribution in [2.75, 3.05) is 23.9 Å². The first-order valence-corrected chi connectivity index (χ1v) is 7.87. The second kappa shape index (κ2) is 5.98. The summed E-state index contributed by atoms with van der Waals surface area (Å²) in [6, 6.07) is 11.3. The van der Waals surface area contributed by atoms with Crippen molar-refractivity contribution >= 4 is 51.7 Å². The van der Waals surface area contributed by atoms with Crippen molar-refractivity contribution in [3.8, 4) is 0 Å². The molecule has 1 aromatic carbocycles. The van der Waals surface area contributed by atoms with Gasteiger partial charge in [-0.1, -0.05) is 24.0 Å². The molecular weight excluding hydrogens is 316 g/mol. The fraction of sp³-hybridized carbons (Fsp3) is 0.125. The Bertz CT molecular complexity index is 734. The van der Waals surface area contributed by atoms with Gasteiger partial charge in [0.2, 0.25) is 0 Å². The highest BCUT2D eigenvalue weighted by Crippen LogP contribution is 2.36. The molecule has 1 amide bonds. The minimum absolute atomic E-state index is 0.121. The number of carbonyl (C=O) groups excluding carboxylic acids is 1. The Labute approximate surface area is 138 Å². The number of benzene rings is 1. The monoisotopic (exact) mass is 330 g/mol. The lowest BCUT2D eigenvalue weighted by atomic mass is 10.2. The zero-order chi connectivity index (χ0) is 15.7. The predicted octanol–water partition coefficient (Wildman–Crippen LogP) is 3.75. The van der Waals surface area contributed by atoms with Crippen LogP contribution in [0.25, 0.3) is 6.08 Å². The van der Waals surface area contributed by atoms with Gasteiger partial charge in [0.15, 0.2) is 4.32 Å². The number of thiocarbonyl (C=S) groups is 1. The van der Waals surface area contributed by atoms with E-state index in [2.05, 4.69) is 0 Å². The van der Waals surface area contributed by atoms with Crippen molar-refractivity contribution in [1.82, 2.24) is 0 Å². The van der Waals surface area contributed by atoms with E-state index in [0.29, 0.717) is 15.0 Å². The lowest BCUT2D eigenvalue weighted by Gasteiger charge is -2.17. The maximum atomic E-state index is 12.6. The molecule has 1 aliphatic rings. The van der Waals surface area contributed by atoms with Gasteiger partial charge in [0.1, 0.15) is 5.76 Å². The normalized spacial score (nSPS) is 16.6. The Balaban J connectivity index is 1.88. The van der Waals surface area contributed by atoms with Crippen LogP contribution in [0.15, 0.2) is 52.0 Å². The third-order valence-corrected chi connectivity index (χ3v) is 4.54. The summed E-state index contributed by atoms with van der Waals surface area (Å²) in [5, 5.41) is 0. The Morgan fingerprint density at radius 2 is 1.95 bits per heavy atom. The largest absolute Gasteiger partial charge is 0.465 e. The quantitative estimate of drug-likeness (QED) is 0.633. The molecule has 0 N–H and O–H groups in total. The van der Waals surface area contributed by atoms with Gasteiger partial charge in [-0.25, -0.2) is 0 Å². The van der Waals surface area contributed by atoms with Crippen LogP contribution in [0.5, 0.6) is 0 Å². The van der Waals surface area contributed by atoms with Crippen molar-refractivity contribution in [3.05, 3.63) is 53.3 Å². The molecule has 0 unspecified atom stereocenters. The van der Waals surface area contributed by atoms with Crippen molar-refractivity contribution in [1.29, 1.82) is 0 Å². The molecule has 1 saturated heterocycles. The number of thioether (sulfide) groups is 1. The van der Waals surface area contributed by atoms with Crippen molar-refractivity contribution in [2.45, 2.75) is 0 Å². The fourth-order valence-electron chi connectivity index (χ4n) is 2.09. The van der Waals surface area contributed by atoms with Crippen molar-refractivity contribution in [3.63, 3.8) is 0 Å². The summed E-state index contributed by atoms with van der Waals surface area (Å²) in [6.45, 7) is 0. The average Bonchev–Trinajstić information content (AvgIpc) is 3.09. The molecular formula is C16H14N2O2S2. The standard InChI is InChI=1S/C16H14N2O2S2/c1-17(2)11-5-7-12(8-6-11)18-15(19)14(22-16(18)21)10-13-4-3-9-20-13/h3-10H,1-2H3. The van der Waals surface area contributed by atoms with E-state index in [1.165, 1.54) is 11.8 Å². The summed E-state index contributed by atoms with van der Waals surface area (Å²) < 4.78 is 5.78. The summed E-state index contributed by atoms with van der Waals surface area (Å²) in [7, 11) is 3.95. The van der Waals surface area contributed by atoms with Gasteiger partial charge in [-0.2, -0.15) is 0 Å². The van der Waals surface area contributed by atoms with Gasteiger partial charge in [0.05, 0.1) is 16.9 Å². The minimum Gasteiger partial charge on any atom is -0.465 e. The van der Waals surface area contributed by atoms with E-state index in [4.69, 9.17) is 16.6 Å². The topological polar surface area (TPSA) is 36.7 Å². The van der Waals surface area contributed by atoms with Crippen LogP contribution in [0.3, 0.4) is 0 Å². The van der Waals surface area contributed by atoms with E-state index in [9.17, 15) is 4.79 Å². The highest BCUT2D eigenvalue weighted by Gasteiger charge is 2.33. The van der Waals surface area contributed by atoms with Crippen LogP contribution in [0.1, 0.15) is 5.76 Å². The number of amides is 1. The summed E-state index contributed by atoms with van der Waals surface area (Å²) in [5.41, 5.74) is 1.84. The molecule has 0 spiro atoms. The van der Waals surface area contributed by atoms with E-state index in [-0.39, 0.29) is 5.91 Å². The molecule has 22 heavy (non-hydrogen) atoms. The number of nitrogens with zero attached hydrogens (tertiary/aromatic N) is 2. The van der Waals surface area contributed by atoms with Gasteiger partial charge in [-0.15, -0.1) is 0 Å². The molecule has 0 atom stereocenters. The lowest BCUT2D eigenvalue weighted by molar-refractivity contribution is -0.113. The van der Waals surface area contributed by atoms with Crippen LogP contribution in [-0.4, -0.2) is 24.3 Å². The van der Waals surface area contributed by atoms with Crippen LogP contribution >= 0.6 is 24.0 Å². The summed E-state index contributed by atoms with van der Waals surface area (Å²) >= 11 is 6.63. The SMILES string of the molecule is CN(C)c1ccc(N2C(=O)C(=Cc3ccco3)SC2=S)cc1. The van der Waals surface area contributed by atoms with E-state index in [0.717, 1.165) is 11.4 Å². The first-order valence-electron chi connectivity index (χ1n) is 6.65. The number of hydrogen-bond donors (Lipinski definition) is 0. The lowest BCUT2D eigenvalue weighted by Crippen LogP contribution is -2.27. The zero-order valence-electron chi connectivity index (χ0n) is 12.1. The Morgan fingerprint density at radius 3 is 2.55 bits per heavy atom. The van der Waals surface area contributed by atoms with E-state index >= 15 is 0 Å². The molecule has 0 bridgehead atoms. The van der Waals surface area contributed by atoms with E-state index < -0.39 is 0 Å². The first kappa shape index (κ1) is 14.9. The van der Waals surface area contributed by atoms with Crippen LogP contribution in [0, 0.1) is 0 Å². The molecule has 4 nitrogen and oxygen atoms in total. The molecule has 6 heteroatoms. The molecule has 1 fully saturated rings. The van der Waals surface area contributed by atoms with Gasteiger partial charge in [0, 0.05) is 25.9 Å². The van der Waals surface area contributed by atoms with Gasteiger partial charge in [0.25, 0.3) is 5.91 Å². The molecule has 0 aliphatic carbocycles. The molecule has 2 aromatic rings. The Morgan fingerprint density at radius 1 is 1.23 bits per heavy atom. The molecule has 0 saturated carbocycles. The van der Waals surface area contributed by atoms with Gasteiger partial charge in [-0.3, -0.25) is 9.69 Å². The second-order valence-corrected chi connectivity index (χ2v) is 6.62. The van der Waals surface area contributed by atoms with Gasteiger partial charge >= 0.3 is 0 Å². The van der Waals surface area contributed by atoms with E-state index in [1.807, 2.05) is 43.3 Å². The van der Waals surface area contributed by atoms with Crippen molar-refractivity contribution in [2.24, 2.45) is 0 Å². The molecule has 112 valence electrons. The Hall–Kier alpha value is -2.05. The van der Waals surface area contributed by atoms with Gasteiger partial charge < -0.3 is 9.32 Å². The molecule has 3 rings (SSSR count). The second-order valence-electron chi connectivity index (χ2n) is 4.94. The maximum absolute atomic E-state index is 12.6. The summed E-state index contributed by atoms with van der Waals surface area (Å²) in [4.78, 5) is 16.7. The molecule has 2 heterocycles. The van der Waals surface area contributed by atoms with Crippen LogP contribution in [-0.2, 0) is 4.79 Å². The maximum Gasteiger partial charge on any atom is 0.270 e. The van der Waals surface area contributed by atoms with Crippen molar-refractivity contribution < 1.29 is 9.21 Å². The average molecular weight is 330 g/mol. The third kappa shape index (κ3) is 2.80. The third-order valence-electron chi connectivity index (χ3n) is 3.23. The summed E-state index contributed by atoms with van der Waals surface area (Å²) in [6.07, 6.45) is 3.29. The Kier molecular flexibility index (Phi) is 4.04. The van der Waals surface area contributed by atoms with Crippen LogP contribution < -0.4 is 9.80 Å². The predicted molar refractivity (Wildman–Crippen MR) is 95.1 cm³/mol. The minimum atomic E-state index is -0.121.